The van der Waals surface area contributed by atoms with Gasteiger partial charge in [-0.1, -0.05) is 0 Å². The monoisotopic (exact) mass is 265 g/mol. The predicted molar refractivity (Wildman–Crippen MR) is 74.2 cm³/mol. The Morgan fingerprint density at radius 3 is 3.00 bits per heavy atom. The minimum absolute atomic E-state index is 0.0517. The lowest BCUT2D eigenvalue weighted by molar-refractivity contribution is 0.0932. The SMILES string of the molecule is CC(O)CCNC(=O)c1cccn1C1CCNCC1. The van der Waals surface area contributed by atoms with Crippen molar-refractivity contribution in [2.75, 3.05) is 19.6 Å². The van der Waals surface area contributed by atoms with Crippen molar-refractivity contribution in [2.45, 2.75) is 38.3 Å². The van der Waals surface area contributed by atoms with Crippen LogP contribution in [-0.2, 0) is 0 Å². The fraction of sp³-hybridized carbons (Fsp3) is 0.643. The summed E-state index contributed by atoms with van der Waals surface area (Å²) in [6.45, 7) is 4.25. The fourth-order valence-electron chi connectivity index (χ4n) is 2.47. The number of hydrogen-bond acceptors (Lipinski definition) is 3. The summed E-state index contributed by atoms with van der Waals surface area (Å²) in [7, 11) is 0. The molecule has 19 heavy (non-hydrogen) atoms. The van der Waals surface area contributed by atoms with Gasteiger partial charge in [0.2, 0.25) is 0 Å². The van der Waals surface area contributed by atoms with Gasteiger partial charge in [0.1, 0.15) is 5.69 Å². The highest BCUT2D eigenvalue weighted by atomic mass is 16.3. The van der Waals surface area contributed by atoms with Gasteiger partial charge in [0.05, 0.1) is 6.10 Å². The Hall–Kier alpha value is -1.33. The highest BCUT2D eigenvalue weighted by Crippen LogP contribution is 2.21. The minimum atomic E-state index is -0.378. The number of aliphatic hydroxyl groups is 1. The van der Waals surface area contributed by atoms with Crippen LogP contribution >= 0.6 is 0 Å². The van der Waals surface area contributed by atoms with Crippen LogP contribution in [0.15, 0.2) is 18.3 Å². The fourth-order valence-corrected chi connectivity index (χ4v) is 2.47. The summed E-state index contributed by atoms with van der Waals surface area (Å²) < 4.78 is 2.08. The van der Waals surface area contributed by atoms with Gasteiger partial charge in [-0.3, -0.25) is 4.79 Å². The molecule has 2 rings (SSSR count). The molecule has 1 aliphatic heterocycles. The topological polar surface area (TPSA) is 66.3 Å². The molecule has 1 aromatic rings. The Morgan fingerprint density at radius 1 is 1.58 bits per heavy atom. The number of hydrogen-bond donors (Lipinski definition) is 3. The molecule has 0 radical (unpaired) electrons. The van der Waals surface area contributed by atoms with E-state index >= 15 is 0 Å². The lowest BCUT2D eigenvalue weighted by Gasteiger charge is -2.25. The highest BCUT2D eigenvalue weighted by Gasteiger charge is 2.19. The lowest BCUT2D eigenvalue weighted by atomic mass is 10.1. The van der Waals surface area contributed by atoms with Gasteiger partial charge >= 0.3 is 0 Å². The molecule has 3 N–H and O–H groups in total. The molecule has 1 unspecified atom stereocenters. The molecule has 1 saturated heterocycles. The molecule has 106 valence electrons. The van der Waals surface area contributed by atoms with Crippen LogP contribution in [-0.4, -0.2) is 41.3 Å². The van der Waals surface area contributed by atoms with Gasteiger partial charge in [-0.05, 0) is 51.4 Å². The molecule has 5 heteroatoms. The number of aliphatic hydroxyl groups excluding tert-OH is 1. The van der Waals surface area contributed by atoms with E-state index in [1.165, 1.54) is 0 Å². The number of rotatable bonds is 5. The van der Waals surface area contributed by atoms with Gasteiger partial charge in [-0.15, -0.1) is 0 Å². The Kier molecular flexibility index (Phi) is 4.99. The van der Waals surface area contributed by atoms with Crippen molar-refractivity contribution < 1.29 is 9.90 Å². The number of carbonyl (C=O) groups is 1. The maximum Gasteiger partial charge on any atom is 0.267 e. The summed E-state index contributed by atoms with van der Waals surface area (Å²) in [5.74, 6) is -0.0517. The maximum absolute atomic E-state index is 12.1. The molecule has 1 aromatic heterocycles. The van der Waals surface area contributed by atoms with Gasteiger partial charge in [-0.25, -0.2) is 0 Å². The van der Waals surface area contributed by atoms with Crippen molar-refractivity contribution in [1.82, 2.24) is 15.2 Å². The zero-order valence-electron chi connectivity index (χ0n) is 11.4. The summed E-state index contributed by atoms with van der Waals surface area (Å²) in [4.78, 5) is 12.1. The van der Waals surface area contributed by atoms with Gasteiger partial charge < -0.3 is 20.3 Å². The third-order valence-electron chi connectivity index (χ3n) is 3.56. The van der Waals surface area contributed by atoms with E-state index in [4.69, 9.17) is 0 Å². The largest absolute Gasteiger partial charge is 0.393 e. The average Bonchev–Trinajstić information content (AvgIpc) is 2.88. The van der Waals surface area contributed by atoms with E-state index in [-0.39, 0.29) is 12.0 Å². The van der Waals surface area contributed by atoms with E-state index in [9.17, 15) is 9.90 Å². The second-order valence-corrected chi connectivity index (χ2v) is 5.18. The number of nitrogens with zero attached hydrogens (tertiary/aromatic N) is 1. The summed E-state index contributed by atoms with van der Waals surface area (Å²) in [6, 6.07) is 4.19. The predicted octanol–water partition coefficient (Wildman–Crippen LogP) is 0.913. The highest BCUT2D eigenvalue weighted by molar-refractivity contribution is 5.92. The molecule has 0 saturated carbocycles. The Morgan fingerprint density at radius 2 is 2.32 bits per heavy atom. The molecule has 0 spiro atoms. The first-order valence-corrected chi connectivity index (χ1v) is 7.02. The smallest absolute Gasteiger partial charge is 0.267 e. The van der Waals surface area contributed by atoms with Gasteiger partial charge in [0, 0.05) is 18.8 Å². The second kappa shape index (κ2) is 6.73. The van der Waals surface area contributed by atoms with Crippen molar-refractivity contribution in [1.29, 1.82) is 0 Å². The van der Waals surface area contributed by atoms with Crippen LogP contribution in [0.25, 0.3) is 0 Å². The maximum atomic E-state index is 12.1. The number of amides is 1. The number of carbonyl (C=O) groups excluding carboxylic acids is 1. The molecule has 1 atom stereocenters. The normalized spacial score (nSPS) is 18.2. The second-order valence-electron chi connectivity index (χ2n) is 5.18. The van der Waals surface area contributed by atoms with E-state index < -0.39 is 0 Å². The summed E-state index contributed by atoms with van der Waals surface area (Å²) >= 11 is 0. The number of aromatic nitrogens is 1. The Labute approximate surface area is 114 Å². The van der Waals surface area contributed by atoms with Gasteiger partial charge in [0.15, 0.2) is 0 Å². The molecule has 1 aliphatic rings. The van der Waals surface area contributed by atoms with Crippen molar-refractivity contribution >= 4 is 5.91 Å². The first kappa shape index (κ1) is 14.1. The molecular formula is C14H23N3O2. The third kappa shape index (κ3) is 3.81. The molecule has 1 fully saturated rings. The molecule has 1 amide bonds. The van der Waals surface area contributed by atoms with Gasteiger partial charge in [-0.2, -0.15) is 0 Å². The first-order chi connectivity index (χ1) is 9.18. The molecular weight excluding hydrogens is 242 g/mol. The minimum Gasteiger partial charge on any atom is -0.393 e. The third-order valence-corrected chi connectivity index (χ3v) is 3.56. The van der Waals surface area contributed by atoms with Gasteiger partial charge in [0.25, 0.3) is 5.91 Å². The summed E-state index contributed by atoms with van der Waals surface area (Å²) in [5.41, 5.74) is 0.720. The van der Waals surface area contributed by atoms with Crippen LogP contribution in [0.4, 0.5) is 0 Å². The van der Waals surface area contributed by atoms with Crippen LogP contribution in [0.1, 0.15) is 42.7 Å². The molecule has 2 heterocycles. The molecule has 0 bridgehead atoms. The van der Waals surface area contributed by atoms with Crippen LogP contribution in [0.2, 0.25) is 0 Å². The van der Waals surface area contributed by atoms with Crippen molar-refractivity contribution in [3.05, 3.63) is 24.0 Å². The summed E-state index contributed by atoms with van der Waals surface area (Å²) in [5, 5.41) is 15.4. The average molecular weight is 265 g/mol. The molecule has 0 aliphatic carbocycles. The number of piperidine rings is 1. The standard InChI is InChI=1S/C14H23N3O2/c1-11(18)4-9-16-14(19)13-3-2-10-17(13)12-5-7-15-8-6-12/h2-3,10-12,15,18H,4-9H2,1H3,(H,16,19). The molecule has 5 nitrogen and oxygen atoms in total. The quantitative estimate of drug-likeness (QED) is 0.741. The van der Waals surface area contributed by atoms with E-state index in [0.29, 0.717) is 19.0 Å². The zero-order chi connectivity index (χ0) is 13.7. The summed E-state index contributed by atoms with van der Waals surface area (Å²) in [6.07, 6.45) is 4.31. The number of nitrogens with one attached hydrogen (secondary N) is 2. The molecule has 0 aromatic carbocycles. The van der Waals surface area contributed by atoms with Crippen LogP contribution in [0.5, 0.6) is 0 Å². The Balaban J connectivity index is 1.96. The van der Waals surface area contributed by atoms with E-state index in [1.807, 2.05) is 18.3 Å². The van der Waals surface area contributed by atoms with E-state index in [0.717, 1.165) is 31.6 Å². The van der Waals surface area contributed by atoms with E-state index in [2.05, 4.69) is 15.2 Å². The van der Waals surface area contributed by atoms with Crippen molar-refractivity contribution in [3.63, 3.8) is 0 Å². The van der Waals surface area contributed by atoms with Crippen LogP contribution < -0.4 is 10.6 Å². The Bertz CT molecular complexity index is 409. The van der Waals surface area contributed by atoms with Crippen LogP contribution in [0, 0.1) is 0 Å². The van der Waals surface area contributed by atoms with Crippen molar-refractivity contribution in [3.8, 4) is 0 Å². The lowest BCUT2D eigenvalue weighted by Crippen LogP contribution is -2.33. The first-order valence-electron chi connectivity index (χ1n) is 7.02. The zero-order valence-corrected chi connectivity index (χ0v) is 11.4. The van der Waals surface area contributed by atoms with Crippen molar-refractivity contribution in [2.24, 2.45) is 0 Å². The van der Waals surface area contributed by atoms with Crippen LogP contribution in [0.3, 0.4) is 0 Å². The van der Waals surface area contributed by atoms with E-state index in [1.54, 1.807) is 6.92 Å².